The summed E-state index contributed by atoms with van der Waals surface area (Å²) in [4.78, 5) is 0. The largest absolute Gasteiger partial charge is 0.388 e. The molecule has 0 radical (unpaired) electrons. The molecule has 1 aromatic rings. The number of hydrogen-bond acceptors (Lipinski definition) is 1. The van der Waals surface area contributed by atoms with E-state index in [1.54, 1.807) is 0 Å². The summed E-state index contributed by atoms with van der Waals surface area (Å²) in [6.07, 6.45) is 0. The molecule has 0 saturated carbocycles. The Morgan fingerprint density at radius 3 is 2.36 bits per heavy atom. The van der Waals surface area contributed by atoms with Gasteiger partial charge in [0.25, 0.3) is 0 Å². The highest BCUT2D eigenvalue weighted by molar-refractivity contribution is 7.27. The molecule has 1 nitrogen and oxygen atoms in total. The minimum absolute atomic E-state index is 0.954. The van der Waals surface area contributed by atoms with E-state index in [0.717, 1.165) is 11.3 Å². The molecule has 1 aromatic carbocycles. The van der Waals surface area contributed by atoms with Gasteiger partial charge in [-0.25, -0.2) is 0 Å². The monoisotopic (exact) mass is 165 g/mol. The van der Waals surface area contributed by atoms with Crippen LogP contribution < -0.4 is 10.6 Å². The highest BCUT2D eigenvalue weighted by Gasteiger charge is 1.93. The first-order chi connectivity index (χ1) is 5.24. The third kappa shape index (κ3) is 2.06. The lowest BCUT2D eigenvalue weighted by Crippen LogP contribution is -2.03. The average Bonchev–Trinajstić information content (AvgIpc) is 2.05. The van der Waals surface area contributed by atoms with E-state index in [1.807, 2.05) is 31.3 Å². The molecule has 0 heterocycles. The maximum atomic E-state index is 3.86. The molecule has 58 valence electrons. The molecule has 0 fully saturated rings. The molecule has 0 aliphatic rings. The maximum Gasteiger partial charge on any atom is 0.0338 e. The quantitative estimate of drug-likeness (QED) is 0.653. The van der Waals surface area contributed by atoms with Crippen molar-refractivity contribution in [2.24, 2.45) is 0 Å². The Bertz CT molecular complexity index is 251. The summed E-state index contributed by atoms with van der Waals surface area (Å²) < 4.78 is 0. The van der Waals surface area contributed by atoms with Gasteiger partial charge in [0.05, 0.1) is 0 Å². The van der Waals surface area contributed by atoms with Crippen molar-refractivity contribution in [2.45, 2.75) is 0 Å². The van der Waals surface area contributed by atoms with Crippen LogP contribution in [0.4, 0.5) is 0 Å². The Morgan fingerprint density at radius 1 is 1.36 bits per heavy atom. The van der Waals surface area contributed by atoms with Crippen molar-refractivity contribution in [3.05, 3.63) is 36.4 Å². The predicted molar refractivity (Wildman–Crippen MR) is 53.9 cm³/mol. The molecule has 1 N–H and O–H groups in total. The fourth-order valence-corrected chi connectivity index (χ4v) is 1.02. The topological polar surface area (TPSA) is 12.0 Å². The van der Waals surface area contributed by atoms with Gasteiger partial charge in [-0.3, -0.25) is 0 Å². The fourth-order valence-electron chi connectivity index (χ4n) is 0.829. The van der Waals surface area contributed by atoms with Crippen LogP contribution in [0, 0.1) is 0 Å². The lowest BCUT2D eigenvalue weighted by atomic mass is 10.2. The first-order valence-corrected chi connectivity index (χ1v) is 4.04. The molecule has 11 heavy (non-hydrogen) atoms. The standard InChI is InChI=1S/C9H12NP/c1-7(10-2)8-3-5-9(11)6-4-8/h3-6,10H,1,11H2,2H3. The smallest absolute Gasteiger partial charge is 0.0338 e. The lowest BCUT2D eigenvalue weighted by Gasteiger charge is -2.03. The van der Waals surface area contributed by atoms with Crippen LogP contribution in [0.25, 0.3) is 5.70 Å². The van der Waals surface area contributed by atoms with E-state index in [2.05, 4.69) is 21.1 Å². The molecule has 0 aliphatic carbocycles. The van der Waals surface area contributed by atoms with E-state index in [0.29, 0.717) is 0 Å². The van der Waals surface area contributed by atoms with Gasteiger partial charge in [0.2, 0.25) is 0 Å². The molecule has 0 saturated heterocycles. The first-order valence-electron chi connectivity index (χ1n) is 3.46. The zero-order valence-corrected chi connectivity index (χ0v) is 7.75. The van der Waals surface area contributed by atoms with Crippen molar-refractivity contribution in [2.75, 3.05) is 7.05 Å². The van der Waals surface area contributed by atoms with Gasteiger partial charge >= 0.3 is 0 Å². The van der Waals surface area contributed by atoms with Gasteiger partial charge in [-0.2, -0.15) is 0 Å². The van der Waals surface area contributed by atoms with Crippen molar-refractivity contribution in [3.63, 3.8) is 0 Å². The number of hydrogen-bond donors (Lipinski definition) is 1. The third-order valence-corrected chi connectivity index (χ3v) is 1.95. The Morgan fingerprint density at radius 2 is 1.91 bits per heavy atom. The van der Waals surface area contributed by atoms with E-state index in [4.69, 9.17) is 0 Å². The van der Waals surface area contributed by atoms with Crippen molar-refractivity contribution < 1.29 is 0 Å². The molecular weight excluding hydrogens is 153 g/mol. The lowest BCUT2D eigenvalue weighted by molar-refractivity contribution is 1.13. The molecule has 1 unspecified atom stereocenters. The van der Waals surface area contributed by atoms with Crippen LogP contribution in [0.15, 0.2) is 30.8 Å². The van der Waals surface area contributed by atoms with Gasteiger partial charge in [-0.05, 0) is 10.9 Å². The molecule has 0 bridgehead atoms. The predicted octanol–water partition coefficient (Wildman–Crippen LogP) is 1.38. The normalized spacial score (nSPS) is 9.27. The van der Waals surface area contributed by atoms with Crippen LogP contribution in [0.3, 0.4) is 0 Å². The van der Waals surface area contributed by atoms with Gasteiger partial charge in [0.15, 0.2) is 0 Å². The third-order valence-electron chi connectivity index (χ3n) is 1.56. The average molecular weight is 165 g/mol. The second-order valence-electron chi connectivity index (χ2n) is 2.35. The number of nitrogens with one attached hydrogen (secondary N) is 1. The summed E-state index contributed by atoms with van der Waals surface area (Å²) in [6, 6.07) is 8.17. The fraction of sp³-hybridized carbons (Fsp3) is 0.111. The highest BCUT2D eigenvalue weighted by atomic mass is 31.0. The van der Waals surface area contributed by atoms with Gasteiger partial charge in [0, 0.05) is 12.7 Å². The maximum absolute atomic E-state index is 3.86. The molecule has 2 heteroatoms. The number of benzene rings is 1. The van der Waals surface area contributed by atoms with E-state index < -0.39 is 0 Å². The molecule has 1 rings (SSSR count). The minimum atomic E-state index is 0.954. The van der Waals surface area contributed by atoms with Gasteiger partial charge < -0.3 is 5.32 Å². The van der Waals surface area contributed by atoms with Crippen LogP contribution >= 0.6 is 9.24 Å². The molecule has 0 spiro atoms. The van der Waals surface area contributed by atoms with Gasteiger partial charge in [0.1, 0.15) is 0 Å². The van der Waals surface area contributed by atoms with Gasteiger partial charge in [-0.15, -0.1) is 9.24 Å². The van der Waals surface area contributed by atoms with Crippen LogP contribution in [0.2, 0.25) is 0 Å². The van der Waals surface area contributed by atoms with Crippen molar-refractivity contribution in [3.8, 4) is 0 Å². The molecule has 1 atom stereocenters. The van der Waals surface area contributed by atoms with Crippen LogP contribution in [-0.2, 0) is 0 Å². The summed E-state index contributed by atoms with van der Waals surface area (Å²) in [5, 5.41) is 4.19. The molecular formula is C9H12NP. The number of rotatable bonds is 2. The van der Waals surface area contributed by atoms with Crippen molar-refractivity contribution >= 4 is 20.2 Å². The summed E-state index contributed by atoms with van der Waals surface area (Å²) in [5.41, 5.74) is 2.09. The minimum Gasteiger partial charge on any atom is -0.388 e. The summed E-state index contributed by atoms with van der Waals surface area (Å²) in [7, 11) is 4.52. The summed E-state index contributed by atoms with van der Waals surface area (Å²) >= 11 is 0. The highest BCUT2D eigenvalue weighted by Crippen LogP contribution is 2.06. The van der Waals surface area contributed by atoms with Crippen molar-refractivity contribution in [1.29, 1.82) is 0 Å². The second-order valence-corrected chi connectivity index (χ2v) is 3.02. The molecule has 0 aromatic heterocycles. The second kappa shape index (κ2) is 3.54. The SMILES string of the molecule is C=C(NC)c1ccc(P)cc1. The van der Waals surface area contributed by atoms with E-state index in [-0.39, 0.29) is 0 Å². The Balaban J connectivity index is 2.90. The van der Waals surface area contributed by atoms with E-state index in [9.17, 15) is 0 Å². The zero-order valence-electron chi connectivity index (χ0n) is 6.59. The first kappa shape index (κ1) is 8.29. The summed E-state index contributed by atoms with van der Waals surface area (Å²) in [5.74, 6) is 0. The van der Waals surface area contributed by atoms with Gasteiger partial charge in [-0.1, -0.05) is 30.8 Å². The van der Waals surface area contributed by atoms with Crippen LogP contribution in [0.5, 0.6) is 0 Å². The Labute approximate surface area is 69.7 Å². The summed E-state index contributed by atoms with van der Waals surface area (Å²) in [6.45, 7) is 3.86. The van der Waals surface area contributed by atoms with E-state index >= 15 is 0 Å². The molecule has 0 aliphatic heterocycles. The van der Waals surface area contributed by atoms with Crippen LogP contribution in [-0.4, -0.2) is 7.05 Å². The zero-order chi connectivity index (χ0) is 8.27. The van der Waals surface area contributed by atoms with E-state index in [1.165, 1.54) is 5.30 Å². The van der Waals surface area contributed by atoms with Crippen molar-refractivity contribution in [1.82, 2.24) is 5.32 Å². The van der Waals surface area contributed by atoms with Crippen LogP contribution in [0.1, 0.15) is 5.56 Å². The molecule has 0 amide bonds. The Hall–Kier alpha value is -0.810. The Kier molecular flexibility index (Phi) is 2.67.